The van der Waals surface area contributed by atoms with Crippen LogP contribution in [0.5, 0.6) is 0 Å². The lowest BCUT2D eigenvalue weighted by Crippen LogP contribution is -2.43. The van der Waals surface area contributed by atoms with Crippen molar-refractivity contribution in [2.45, 2.75) is 13.3 Å². The van der Waals surface area contributed by atoms with E-state index in [1.54, 1.807) is 31.2 Å². The summed E-state index contributed by atoms with van der Waals surface area (Å²) in [4.78, 5) is 24.7. The molecule has 0 aliphatic heterocycles. The highest BCUT2D eigenvalue weighted by Crippen LogP contribution is 2.13. The quantitative estimate of drug-likeness (QED) is 0.801. The molecule has 2 amide bonds. The zero-order chi connectivity index (χ0) is 14.8. The van der Waals surface area contributed by atoms with E-state index in [0.717, 1.165) is 0 Å². The SMILES string of the molecule is CCOC(=O)CNC(=O)N(CCC#N)c1ccccc1. The number of carbonyl (C=O) groups excluding carboxylic acids is 2. The second-order valence-corrected chi connectivity index (χ2v) is 3.86. The van der Waals surface area contributed by atoms with Gasteiger partial charge in [0.05, 0.1) is 19.1 Å². The number of carbonyl (C=O) groups is 2. The van der Waals surface area contributed by atoms with Gasteiger partial charge in [0, 0.05) is 12.2 Å². The maximum Gasteiger partial charge on any atom is 0.325 e. The molecular formula is C14H17N3O3. The number of ether oxygens (including phenoxy) is 1. The van der Waals surface area contributed by atoms with E-state index in [0.29, 0.717) is 5.69 Å². The van der Waals surface area contributed by atoms with Crippen molar-refractivity contribution in [2.75, 3.05) is 24.6 Å². The summed E-state index contributed by atoms with van der Waals surface area (Å²) in [5, 5.41) is 11.1. The second-order valence-electron chi connectivity index (χ2n) is 3.86. The molecule has 0 unspecified atom stereocenters. The highest BCUT2D eigenvalue weighted by molar-refractivity contribution is 5.93. The topological polar surface area (TPSA) is 82.4 Å². The number of amides is 2. The predicted molar refractivity (Wildman–Crippen MR) is 74.0 cm³/mol. The third kappa shape index (κ3) is 4.98. The molecule has 0 heterocycles. The van der Waals surface area contributed by atoms with Gasteiger partial charge in [-0.05, 0) is 19.1 Å². The molecule has 1 aromatic carbocycles. The van der Waals surface area contributed by atoms with Gasteiger partial charge in [-0.25, -0.2) is 4.79 Å². The minimum absolute atomic E-state index is 0.192. The molecule has 106 valence electrons. The van der Waals surface area contributed by atoms with Crippen LogP contribution in [0, 0.1) is 11.3 Å². The highest BCUT2D eigenvalue weighted by atomic mass is 16.5. The van der Waals surface area contributed by atoms with E-state index in [1.807, 2.05) is 12.1 Å². The van der Waals surface area contributed by atoms with Crippen LogP contribution in [0.1, 0.15) is 13.3 Å². The number of urea groups is 1. The summed E-state index contributed by atoms with van der Waals surface area (Å²) in [5.41, 5.74) is 0.670. The maximum atomic E-state index is 12.1. The van der Waals surface area contributed by atoms with Gasteiger partial charge >= 0.3 is 12.0 Å². The van der Waals surface area contributed by atoms with Crippen LogP contribution in [0.25, 0.3) is 0 Å². The van der Waals surface area contributed by atoms with Crippen LogP contribution in [-0.2, 0) is 9.53 Å². The minimum atomic E-state index is -0.492. The molecule has 0 fully saturated rings. The van der Waals surface area contributed by atoms with Gasteiger partial charge in [-0.3, -0.25) is 9.69 Å². The summed E-state index contributed by atoms with van der Waals surface area (Å²) in [6.45, 7) is 2.03. The van der Waals surface area contributed by atoms with Crippen molar-refractivity contribution in [1.82, 2.24) is 5.32 Å². The zero-order valence-corrected chi connectivity index (χ0v) is 11.3. The van der Waals surface area contributed by atoms with Gasteiger partial charge in [0.2, 0.25) is 0 Å². The molecule has 0 aliphatic rings. The molecule has 0 radical (unpaired) electrons. The summed E-state index contributed by atoms with van der Waals surface area (Å²) < 4.78 is 4.73. The van der Waals surface area contributed by atoms with E-state index in [4.69, 9.17) is 10.00 Å². The fourth-order valence-electron chi connectivity index (χ4n) is 1.57. The number of nitrogens with zero attached hydrogens (tertiary/aromatic N) is 2. The van der Waals surface area contributed by atoms with Gasteiger partial charge < -0.3 is 10.1 Å². The van der Waals surface area contributed by atoms with Gasteiger partial charge in [-0.1, -0.05) is 18.2 Å². The molecular weight excluding hydrogens is 258 g/mol. The van der Waals surface area contributed by atoms with Gasteiger partial charge in [0.15, 0.2) is 0 Å². The first-order chi connectivity index (χ1) is 9.69. The smallest absolute Gasteiger partial charge is 0.325 e. The molecule has 0 aromatic heterocycles. The Kier molecular flexibility index (Phi) is 6.62. The molecule has 0 spiro atoms. The summed E-state index contributed by atoms with van der Waals surface area (Å²) in [6, 6.07) is 10.5. The number of hydrogen-bond acceptors (Lipinski definition) is 4. The van der Waals surface area contributed by atoms with E-state index >= 15 is 0 Å². The zero-order valence-electron chi connectivity index (χ0n) is 11.3. The number of nitriles is 1. The van der Waals surface area contributed by atoms with Crippen molar-refractivity contribution in [3.8, 4) is 6.07 Å². The molecule has 1 N–H and O–H groups in total. The van der Waals surface area contributed by atoms with Crippen molar-refractivity contribution in [1.29, 1.82) is 5.26 Å². The number of hydrogen-bond donors (Lipinski definition) is 1. The van der Waals surface area contributed by atoms with Crippen molar-refractivity contribution in [2.24, 2.45) is 0 Å². The molecule has 6 heteroatoms. The second kappa shape index (κ2) is 8.53. The predicted octanol–water partition coefficient (Wildman–Crippen LogP) is 1.68. The first-order valence-corrected chi connectivity index (χ1v) is 6.32. The van der Waals surface area contributed by atoms with Gasteiger partial charge in [0.1, 0.15) is 6.54 Å². The van der Waals surface area contributed by atoms with E-state index < -0.39 is 12.0 Å². The van der Waals surface area contributed by atoms with Crippen LogP contribution in [0.3, 0.4) is 0 Å². The third-order valence-electron chi connectivity index (χ3n) is 2.45. The van der Waals surface area contributed by atoms with Gasteiger partial charge in [0.25, 0.3) is 0 Å². The molecule has 0 saturated heterocycles. The fraction of sp³-hybridized carbons (Fsp3) is 0.357. The van der Waals surface area contributed by atoms with E-state index in [9.17, 15) is 9.59 Å². The van der Waals surface area contributed by atoms with Crippen molar-refractivity contribution >= 4 is 17.7 Å². The van der Waals surface area contributed by atoms with Crippen LogP contribution in [-0.4, -0.2) is 31.7 Å². The van der Waals surface area contributed by atoms with Crippen LogP contribution in [0.15, 0.2) is 30.3 Å². The lowest BCUT2D eigenvalue weighted by molar-refractivity contribution is -0.141. The Bertz CT molecular complexity index is 482. The van der Waals surface area contributed by atoms with Crippen LogP contribution in [0.4, 0.5) is 10.5 Å². The Morgan fingerprint density at radius 2 is 2.05 bits per heavy atom. The Balaban J connectivity index is 2.66. The normalized spacial score (nSPS) is 9.40. The van der Waals surface area contributed by atoms with Crippen LogP contribution in [0.2, 0.25) is 0 Å². The molecule has 0 saturated carbocycles. The average molecular weight is 275 g/mol. The summed E-state index contributed by atoms with van der Waals surface area (Å²) in [5.74, 6) is -0.492. The van der Waals surface area contributed by atoms with E-state index in [2.05, 4.69) is 5.32 Å². The lowest BCUT2D eigenvalue weighted by Gasteiger charge is -2.21. The molecule has 1 aromatic rings. The number of anilines is 1. The fourth-order valence-corrected chi connectivity index (χ4v) is 1.57. The molecule has 6 nitrogen and oxygen atoms in total. The van der Waals surface area contributed by atoms with Crippen molar-refractivity contribution < 1.29 is 14.3 Å². The number of para-hydroxylation sites is 1. The molecule has 1 rings (SSSR count). The number of esters is 1. The maximum absolute atomic E-state index is 12.1. The Morgan fingerprint density at radius 1 is 1.35 bits per heavy atom. The van der Waals surface area contributed by atoms with Crippen molar-refractivity contribution in [3.05, 3.63) is 30.3 Å². The van der Waals surface area contributed by atoms with Crippen LogP contribution < -0.4 is 10.2 Å². The van der Waals surface area contributed by atoms with Gasteiger partial charge in [-0.15, -0.1) is 0 Å². The van der Waals surface area contributed by atoms with Gasteiger partial charge in [-0.2, -0.15) is 5.26 Å². The largest absolute Gasteiger partial charge is 0.465 e. The number of rotatable bonds is 6. The first kappa shape index (κ1) is 15.5. The Hall–Kier alpha value is -2.55. The Labute approximate surface area is 117 Å². The molecule has 0 aliphatic carbocycles. The summed E-state index contributed by atoms with van der Waals surface area (Å²) >= 11 is 0. The molecule has 20 heavy (non-hydrogen) atoms. The standard InChI is InChI=1S/C14H17N3O3/c1-2-20-13(18)11-16-14(19)17(10-6-9-15)12-7-4-3-5-8-12/h3-5,7-8H,2,6,10-11H2,1H3,(H,16,19). The van der Waals surface area contributed by atoms with Crippen molar-refractivity contribution in [3.63, 3.8) is 0 Å². The van der Waals surface area contributed by atoms with E-state index in [1.165, 1.54) is 4.90 Å². The summed E-state index contributed by atoms with van der Waals surface area (Å²) in [6.07, 6.45) is 0.210. The van der Waals surface area contributed by atoms with E-state index in [-0.39, 0.29) is 26.1 Å². The Morgan fingerprint density at radius 3 is 2.65 bits per heavy atom. The molecule has 0 bridgehead atoms. The monoisotopic (exact) mass is 275 g/mol. The minimum Gasteiger partial charge on any atom is -0.465 e. The number of benzene rings is 1. The highest BCUT2D eigenvalue weighted by Gasteiger charge is 2.16. The average Bonchev–Trinajstić information content (AvgIpc) is 2.47. The van der Waals surface area contributed by atoms with Crippen LogP contribution >= 0.6 is 0 Å². The number of nitrogens with one attached hydrogen (secondary N) is 1. The lowest BCUT2D eigenvalue weighted by atomic mass is 10.3. The molecule has 0 atom stereocenters. The third-order valence-corrected chi connectivity index (χ3v) is 2.45. The first-order valence-electron chi connectivity index (χ1n) is 6.32. The summed E-state index contributed by atoms with van der Waals surface area (Å²) in [7, 11) is 0.